The molecule has 1 aromatic rings. The lowest BCUT2D eigenvalue weighted by atomic mass is 10.0. The Morgan fingerprint density at radius 1 is 1.40 bits per heavy atom. The molecule has 0 bridgehead atoms. The number of benzene rings is 1. The molecule has 4 heteroatoms. The number of nitrogens with two attached hydrogens (primary N) is 1. The Morgan fingerprint density at radius 3 is 2.80 bits per heavy atom. The van der Waals surface area contributed by atoms with Crippen molar-refractivity contribution in [3.05, 3.63) is 23.3 Å². The number of fused-ring (bicyclic) bond motifs is 1. The second-order valence-electron chi connectivity index (χ2n) is 3.43. The minimum Gasteiger partial charge on any atom is -0.497 e. The van der Waals surface area contributed by atoms with Gasteiger partial charge in [0.25, 0.3) is 0 Å². The smallest absolute Gasteiger partial charge is 0.128 e. The van der Waals surface area contributed by atoms with Gasteiger partial charge in [-0.3, -0.25) is 0 Å². The van der Waals surface area contributed by atoms with Gasteiger partial charge in [-0.25, -0.2) is 0 Å². The molecule has 0 saturated carbocycles. The van der Waals surface area contributed by atoms with Gasteiger partial charge >= 0.3 is 0 Å². The second-order valence-corrected chi connectivity index (χ2v) is 3.43. The molecule has 0 amide bonds. The Balaban J connectivity index is 2.48. The summed E-state index contributed by atoms with van der Waals surface area (Å²) >= 11 is 0. The number of methoxy groups -OCH3 is 2. The Hall–Kier alpha value is -1.26. The molecule has 1 unspecified atom stereocenters. The first-order valence-electron chi connectivity index (χ1n) is 4.86. The first-order valence-corrected chi connectivity index (χ1v) is 4.86. The maximum Gasteiger partial charge on any atom is 0.128 e. The third kappa shape index (κ3) is 1.66. The van der Waals surface area contributed by atoms with Gasteiger partial charge in [-0.1, -0.05) is 0 Å². The molecular weight excluding hydrogens is 194 g/mol. The molecule has 1 atom stereocenters. The van der Waals surface area contributed by atoms with E-state index in [9.17, 15) is 0 Å². The predicted molar refractivity (Wildman–Crippen MR) is 56.1 cm³/mol. The summed E-state index contributed by atoms with van der Waals surface area (Å²) in [4.78, 5) is 0. The summed E-state index contributed by atoms with van der Waals surface area (Å²) in [6.07, 6.45) is -0.0380. The van der Waals surface area contributed by atoms with Crippen molar-refractivity contribution in [2.24, 2.45) is 5.73 Å². The monoisotopic (exact) mass is 209 g/mol. The molecule has 0 aliphatic carbocycles. The van der Waals surface area contributed by atoms with E-state index in [1.165, 1.54) is 0 Å². The average molecular weight is 209 g/mol. The van der Waals surface area contributed by atoms with Crippen LogP contribution in [0, 0.1) is 0 Å². The molecular formula is C11H15NO3. The standard InChI is InChI=1S/C11H15NO3/c1-13-7-3-8-9(10(4-7)14-2)6-15-11(8)5-12/h3-4,11H,5-6,12H2,1-2H3. The van der Waals surface area contributed by atoms with Gasteiger partial charge < -0.3 is 19.9 Å². The van der Waals surface area contributed by atoms with E-state index in [1.54, 1.807) is 14.2 Å². The van der Waals surface area contributed by atoms with Crippen molar-refractivity contribution in [2.75, 3.05) is 20.8 Å². The molecule has 0 fully saturated rings. The van der Waals surface area contributed by atoms with Crippen molar-refractivity contribution in [2.45, 2.75) is 12.7 Å². The van der Waals surface area contributed by atoms with Crippen molar-refractivity contribution in [1.29, 1.82) is 0 Å². The second kappa shape index (κ2) is 4.08. The van der Waals surface area contributed by atoms with Crippen LogP contribution in [0.4, 0.5) is 0 Å². The number of ether oxygens (including phenoxy) is 3. The first kappa shape index (κ1) is 10.3. The summed E-state index contributed by atoms with van der Waals surface area (Å²) in [6.45, 7) is 1.04. The SMILES string of the molecule is COc1cc(OC)c2c(c1)C(CN)OC2. The third-order valence-corrected chi connectivity index (χ3v) is 2.66. The van der Waals surface area contributed by atoms with E-state index in [2.05, 4.69) is 0 Å². The molecule has 1 heterocycles. The maximum absolute atomic E-state index is 5.63. The van der Waals surface area contributed by atoms with Crippen LogP contribution in [0.3, 0.4) is 0 Å². The zero-order valence-electron chi connectivity index (χ0n) is 8.95. The highest BCUT2D eigenvalue weighted by atomic mass is 16.5. The Bertz CT molecular complexity index is 365. The number of hydrogen-bond donors (Lipinski definition) is 1. The Labute approximate surface area is 88.9 Å². The number of rotatable bonds is 3. The summed E-state index contributed by atoms with van der Waals surface area (Å²) in [7, 11) is 3.28. The van der Waals surface area contributed by atoms with Crippen LogP contribution < -0.4 is 15.2 Å². The number of hydrogen-bond acceptors (Lipinski definition) is 4. The molecule has 15 heavy (non-hydrogen) atoms. The molecule has 0 saturated heterocycles. The van der Waals surface area contributed by atoms with Crippen molar-refractivity contribution in [3.8, 4) is 11.5 Å². The van der Waals surface area contributed by atoms with Crippen LogP contribution in [-0.4, -0.2) is 20.8 Å². The topological polar surface area (TPSA) is 53.7 Å². The van der Waals surface area contributed by atoms with Crippen LogP contribution >= 0.6 is 0 Å². The van der Waals surface area contributed by atoms with Gasteiger partial charge in [-0.05, 0) is 11.6 Å². The molecule has 4 nitrogen and oxygen atoms in total. The fourth-order valence-electron chi connectivity index (χ4n) is 1.85. The maximum atomic E-state index is 5.63. The van der Waals surface area contributed by atoms with E-state index in [1.807, 2.05) is 12.1 Å². The highest BCUT2D eigenvalue weighted by Crippen LogP contribution is 2.39. The van der Waals surface area contributed by atoms with Crippen molar-refractivity contribution in [3.63, 3.8) is 0 Å². The zero-order chi connectivity index (χ0) is 10.8. The van der Waals surface area contributed by atoms with Crippen LogP contribution in [0.1, 0.15) is 17.2 Å². The molecule has 1 aromatic carbocycles. The van der Waals surface area contributed by atoms with Crippen molar-refractivity contribution in [1.82, 2.24) is 0 Å². The highest BCUT2D eigenvalue weighted by molar-refractivity contribution is 5.49. The molecule has 82 valence electrons. The van der Waals surface area contributed by atoms with Crippen LogP contribution in [-0.2, 0) is 11.3 Å². The van der Waals surface area contributed by atoms with E-state index in [4.69, 9.17) is 19.9 Å². The van der Waals surface area contributed by atoms with Crippen LogP contribution in [0.2, 0.25) is 0 Å². The summed E-state index contributed by atoms with van der Waals surface area (Å²) in [5, 5.41) is 0. The normalized spacial score (nSPS) is 18.7. The summed E-state index contributed by atoms with van der Waals surface area (Å²) in [6, 6.07) is 3.82. The fourth-order valence-corrected chi connectivity index (χ4v) is 1.85. The quantitative estimate of drug-likeness (QED) is 0.813. The average Bonchev–Trinajstić information content (AvgIpc) is 2.70. The molecule has 0 spiro atoms. The minimum absolute atomic E-state index is 0.0380. The van der Waals surface area contributed by atoms with E-state index >= 15 is 0 Å². The van der Waals surface area contributed by atoms with Crippen molar-refractivity contribution < 1.29 is 14.2 Å². The van der Waals surface area contributed by atoms with Crippen LogP contribution in [0.5, 0.6) is 11.5 Å². The lowest BCUT2D eigenvalue weighted by molar-refractivity contribution is 0.0718. The molecule has 0 radical (unpaired) electrons. The van der Waals surface area contributed by atoms with E-state index in [0.717, 1.165) is 22.6 Å². The predicted octanol–water partition coefficient (Wildman–Crippen LogP) is 1.23. The molecule has 1 aliphatic rings. The van der Waals surface area contributed by atoms with Gasteiger partial charge in [0.05, 0.1) is 26.9 Å². The molecule has 1 aliphatic heterocycles. The first-order chi connectivity index (χ1) is 7.30. The zero-order valence-corrected chi connectivity index (χ0v) is 8.95. The summed E-state index contributed by atoms with van der Waals surface area (Å²) in [5.41, 5.74) is 7.78. The molecule has 0 aromatic heterocycles. The minimum atomic E-state index is -0.0380. The van der Waals surface area contributed by atoms with Crippen molar-refractivity contribution >= 4 is 0 Å². The van der Waals surface area contributed by atoms with E-state index in [0.29, 0.717) is 13.2 Å². The lowest BCUT2D eigenvalue weighted by Crippen LogP contribution is -2.11. The molecule has 2 rings (SSSR count). The highest BCUT2D eigenvalue weighted by Gasteiger charge is 2.26. The van der Waals surface area contributed by atoms with E-state index < -0.39 is 0 Å². The lowest BCUT2D eigenvalue weighted by Gasteiger charge is -2.11. The third-order valence-electron chi connectivity index (χ3n) is 2.66. The Morgan fingerprint density at radius 2 is 2.20 bits per heavy atom. The Kier molecular flexibility index (Phi) is 2.79. The van der Waals surface area contributed by atoms with Crippen LogP contribution in [0.25, 0.3) is 0 Å². The van der Waals surface area contributed by atoms with Crippen LogP contribution in [0.15, 0.2) is 12.1 Å². The van der Waals surface area contributed by atoms with Gasteiger partial charge in [-0.2, -0.15) is 0 Å². The van der Waals surface area contributed by atoms with Gasteiger partial charge in [0.2, 0.25) is 0 Å². The fraction of sp³-hybridized carbons (Fsp3) is 0.455. The van der Waals surface area contributed by atoms with Gasteiger partial charge in [0, 0.05) is 18.2 Å². The molecule has 2 N–H and O–H groups in total. The van der Waals surface area contributed by atoms with Gasteiger partial charge in [-0.15, -0.1) is 0 Å². The summed E-state index contributed by atoms with van der Waals surface area (Å²) in [5.74, 6) is 1.58. The van der Waals surface area contributed by atoms with E-state index in [-0.39, 0.29) is 6.10 Å². The summed E-state index contributed by atoms with van der Waals surface area (Å²) < 4.78 is 16.0. The van der Waals surface area contributed by atoms with Gasteiger partial charge in [0.1, 0.15) is 11.5 Å². The largest absolute Gasteiger partial charge is 0.497 e. The van der Waals surface area contributed by atoms with Gasteiger partial charge in [0.15, 0.2) is 0 Å².